The summed E-state index contributed by atoms with van der Waals surface area (Å²) in [6, 6.07) is 17.3. The van der Waals surface area contributed by atoms with E-state index in [-0.39, 0.29) is 70.0 Å². The number of aryl methyl sites for hydroxylation is 3. The number of hydrogen-bond donors (Lipinski definition) is 0. The van der Waals surface area contributed by atoms with Crippen LogP contribution in [0.2, 0.25) is 5.02 Å². The van der Waals surface area contributed by atoms with Crippen molar-refractivity contribution < 1.29 is 50.5 Å². The Morgan fingerprint density at radius 3 is 1.25 bits per heavy atom. The maximum atomic E-state index is 15.1. The van der Waals surface area contributed by atoms with Crippen LogP contribution in [0.4, 0.5) is 39.4 Å². The van der Waals surface area contributed by atoms with Crippen molar-refractivity contribution in [2.24, 2.45) is 0 Å². The molecule has 3 saturated heterocycles. The minimum atomic E-state index is -0.832. The third kappa shape index (κ3) is 16.0. The number of thioether (sulfide) groups is 3. The van der Waals surface area contributed by atoms with Crippen LogP contribution in [-0.2, 0) is 28.6 Å². The Labute approximate surface area is 668 Å². The van der Waals surface area contributed by atoms with Crippen molar-refractivity contribution in [3.8, 4) is 33.4 Å². The molecular formula is C83H88ClF5N12O9S3. The molecule has 0 bridgehead atoms. The molecule has 594 valence electrons. The van der Waals surface area contributed by atoms with Gasteiger partial charge < -0.3 is 43.6 Å². The molecule has 21 nitrogen and oxygen atoms in total. The van der Waals surface area contributed by atoms with Crippen LogP contribution >= 0.6 is 46.9 Å². The van der Waals surface area contributed by atoms with E-state index in [4.69, 9.17) is 25.8 Å². The Balaban J connectivity index is 0.000000148. The Morgan fingerprint density at radius 2 is 0.850 bits per heavy atom. The van der Waals surface area contributed by atoms with E-state index in [1.165, 1.54) is 60.3 Å². The molecule has 6 aliphatic rings. The number of piperazine rings is 3. The molecule has 0 spiro atoms. The van der Waals surface area contributed by atoms with Crippen LogP contribution < -0.4 is 31.8 Å². The molecule has 3 unspecified atom stereocenters. The van der Waals surface area contributed by atoms with Crippen LogP contribution in [0.25, 0.3) is 66.1 Å². The van der Waals surface area contributed by atoms with Crippen LogP contribution in [0.15, 0.2) is 140 Å². The van der Waals surface area contributed by atoms with E-state index in [0.717, 1.165) is 76.3 Å². The summed E-state index contributed by atoms with van der Waals surface area (Å²) in [4.78, 5) is 105. The second-order valence-electron chi connectivity index (χ2n) is 28.5. The summed E-state index contributed by atoms with van der Waals surface area (Å²) >= 11 is 10.8. The van der Waals surface area contributed by atoms with Gasteiger partial charge in [-0.05, 0) is 144 Å². The van der Waals surface area contributed by atoms with Crippen LogP contribution in [-0.4, -0.2) is 196 Å². The van der Waals surface area contributed by atoms with Gasteiger partial charge in [-0.3, -0.25) is 28.1 Å². The molecule has 9 heterocycles. The number of hydrogen-bond acceptors (Lipinski definition) is 18. The molecule has 5 atom stereocenters. The highest BCUT2D eigenvalue weighted by Gasteiger charge is 2.39. The summed E-state index contributed by atoms with van der Waals surface area (Å²) in [5.74, 6) is -0.0122. The maximum Gasteiger partial charge on any atom is 0.350 e. The Kier molecular flexibility index (Phi) is 25.1. The van der Waals surface area contributed by atoms with Crippen molar-refractivity contribution in [3.05, 3.63) is 193 Å². The topological polar surface area (TPSA) is 203 Å². The monoisotopic (exact) mass is 1620 g/mol. The largest absolute Gasteiger partial charge is 0.380 e. The molecule has 113 heavy (non-hydrogen) atoms. The number of ether oxygens (including phenoxy) is 3. The minimum absolute atomic E-state index is 0.0735. The zero-order valence-electron chi connectivity index (χ0n) is 64.1. The number of carbonyl (C=O) groups excluding carboxylic acids is 3. The van der Waals surface area contributed by atoms with E-state index < -0.39 is 34.6 Å². The molecule has 30 heteroatoms. The molecule has 6 aliphatic heterocycles. The standard InChI is InChI=1S/C29H33FN4O3S.C27H27ClF2N4O3S.C27H28F2N4O3S/c1-6-24(35)33-18(4)13-32(14-19(33)5)28-23-12-17(3)25(20-8-10-21(30)11-9-20)27-26(23)34(29(36)31-28)22(16-38-27)15-37-7-2;1-4-22(35)32-6-8-33(9-7-32)26-18-10-15(3)23(17-11-19(28)21(30)12-20(17)29)25-24(18)34(27(36)31-26)16(14-38-25)13-37-5-2;1-4-22(34)31-8-10-32(11-9-31)26-20-12-16(3)23(19-7-6-17(28)13-21(19)29)25-24(20)33(27(35)30-26)18(15-37-25)14-36-5-2/h6,8-12,18-19,22H,1,7,13-16H2,2-5H3;4,10-12,16H,1,5-9,13-14H2,2-3H3;4,6-7,12-13,18H,1,5,8-11,14-15H2,2-3H3/t18-,19+,22?;;. The molecule has 0 radical (unpaired) electrons. The summed E-state index contributed by atoms with van der Waals surface area (Å²) in [5, 5.41) is 2.27. The van der Waals surface area contributed by atoms with Gasteiger partial charge in [0.1, 0.15) is 46.5 Å². The first-order valence-electron chi connectivity index (χ1n) is 37.6. The fourth-order valence-corrected chi connectivity index (χ4v) is 20.4. The van der Waals surface area contributed by atoms with Crippen molar-refractivity contribution in [2.75, 3.05) is 137 Å². The Morgan fingerprint density at radius 1 is 0.478 bits per heavy atom. The fourth-order valence-electron chi connectivity index (χ4n) is 16.1. The molecule has 0 saturated carbocycles. The van der Waals surface area contributed by atoms with Gasteiger partial charge >= 0.3 is 17.1 Å². The summed E-state index contributed by atoms with van der Waals surface area (Å²) in [6.45, 7) is 34.1. The molecule has 9 aromatic rings. The first kappa shape index (κ1) is 81.6. The number of carbonyl (C=O) groups is 3. The highest BCUT2D eigenvalue weighted by atomic mass is 35.5. The molecular weight excluding hydrogens is 1540 g/mol. The molecule has 6 aromatic carbocycles. The highest BCUT2D eigenvalue weighted by Crippen LogP contribution is 2.51. The van der Waals surface area contributed by atoms with E-state index >= 15 is 4.39 Å². The highest BCUT2D eigenvalue weighted by molar-refractivity contribution is 8.00. The summed E-state index contributed by atoms with van der Waals surface area (Å²) < 4.78 is 93.7. The maximum absolute atomic E-state index is 15.1. The number of benzene rings is 6. The SMILES string of the molecule is C=CC(=O)N1CCN(c2nc(=O)n3c4c(c(-c5cc(Cl)c(F)cc5F)c(C)cc24)SCC3COCC)CC1.C=CC(=O)N1CCN(c2nc(=O)n3c4c(c(-c5ccc(F)cc5F)c(C)cc24)SCC3COCC)CC1.C=CC(=O)N1[C@H](C)CN(c2nc(=O)n3c4c(c(-c5ccc(F)cc5)c(C)cc24)SCC3COCC)C[C@@H]1C. The van der Waals surface area contributed by atoms with Gasteiger partial charge in [-0.15, -0.1) is 35.3 Å². The third-order valence-corrected chi connectivity index (χ3v) is 25.3. The van der Waals surface area contributed by atoms with Crippen molar-refractivity contribution in [3.63, 3.8) is 0 Å². The lowest BCUT2D eigenvalue weighted by atomic mass is 9.96. The van der Waals surface area contributed by atoms with Gasteiger partial charge in [0, 0.05) is 185 Å². The second-order valence-corrected chi connectivity index (χ2v) is 32.0. The van der Waals surface area contributed by atoms with E-state index in [0.29, 0.717) is 168 Å². The smallest absolute Gasteiger partial charge is 0.350 e. The molecule has 3 aromatic heterocycles. The summed E-state index contributed by atoms with van der Waals surface area (Å²) in [5.41, 5.74) is 7.24. The normalized spacial score (nSPS) is 18.6. The number of amides is 3. The van der Waals surface area contributed by atoms with Gasteiger partial charge in [0.15, 0.2) is 0 Å². The lowest BCUT2D eigenvalue weighted by Crippen LogP contribution is -2.58. The number of nitrogens with zero attached hydrogens (tertiary/aromatic N) is 12. The van der Waals surface area contributed by atoms with E-state index in [9.17, 15) is 46.3 Å². The van der Waals surface area contributed by atoms with Crippen LogP contribution in [0, 0.1) is 49.9 Å². The van der Waals surface area contributed by atoms with E-state index in [2.05, 4.69) is 45.7 Å². The van der Waals surface area contributed by atoms with Crippen molar-refractivity contribution in [2.45, 2.75) is 100 Å². The minimum Gasteiger partial charge on any atom is -0.380 e. The summed E-state index contributed by atoms with van der Waals surface area (Å²) in [6.07, 6.45) is 3.95. The molecule has 3 fully saturated rings. The van der Waals surface area contributed by atoms with Gasteiger partial charge in [-0.25, -0.2) is 36.3 Å². The van der Waals surface area contributed by atoms with Crippen LogP contribution in [0.1, 0.15) is 69.4 Å². The van der Waals surface area contributed by atoms with Crippen molar-refractivity contribution in [1.29, 1.82) is 0 Å². The molecule has 0 N–H and O–H groups in total. The second kappa shape index (κ2) is 34.8. The molecule has 0 aliphatic carbocycles. The van der Waals surface area contributed by atoms with Gasteiger partial charge in [-0.2, -0.15) is 15.0 Å². The van der Waals surface area contributed by atoms with E-state index in [1.807, 2.05) is 82.2 Å². The predicted octanol–water partition coefficient (Wildman–Crippen LogP) is 13.8. The lowest BCUT2D eigenvalue weighted by Gasteiger charge is -2.45. The Hall–Kier alpha value is -9.36. The van der Waals surface area contributed by atoms with Gasteiger partial charge in [0.2, 0.25) is 17.7 Å². The number of rotatable bonds is 18. The first-order valence-corrected chi connectivity index (χ1v) is 41.0. The fraction of sp³-hybridized carbons (Fsp3) is 0.386. The molecule has 15 rings (SSSR count). The first-order chi connectivity index (χ1) is 54.3. The van der Waals surface area contributed by atoms with Crippen molar-refractivity contribution in [1.82, 2.24) is 43.4 Å². The van der Waals surface area contributed by atoms with Gasteiger partial charge in [0.05, 0.1) is 59.5 Å². The van der Waals surface area contributed by atoms with Crippen molar-refractivity contribution >= 4 is 115 Å². The number of anilines is 3. The number of aromatic nitrogens is 6. The summed E-state index contributed by atoms with van der Waals surface area (Å²) in [7, 11) is 0. The van der Waals surface area contributed by atoms with Crippen LogP contribution in [0.5, 0.6) is 0 Å². The van der Waals surface area contributed by atoms with Gasteiger partial charge in [-0.1, -0.05) is 43.5 Å². The quantitative estimate of drug-likeness (QED) is 0.0445. The third-order valence-electron chi connectivity index (χ3n) is 21.3. The average Bonchev–Trinajstić information content (AvgIpc) is 0.734. The lowest BCUT2D eigenvalue weighted by molar-refractivity contribution is -0.130. The zero-order valence-corrected chi connectivity index (χ0v) is 67.3. The number of halogens is 6. The van der Waals surface area contributed by atoms with Gasteiger partial charge in [0.25, 0.3) is 0 Å². The predicted molar refractivity (Wildman–Crippen MR) is 438 cm³/mol. The zero-order chi connectivity index (χ0) is 80.5. The average molecular weight is 1620 g/mol. The Bertz CT molecular complexity index is 5450. The van der Waals surface area contributed by atoms with Crippen LogP contribution in [0.3, 0.4) is 0 Å². The molecule has 3 amide bonds. The van der Waals surface area contributed by atoms with E-state index in [1.54, 1.807) is 59.2 Å².